The maximum atomic E-state index is 9.74. The summed E-state index contributed by atoms with van der Waals surface area (Å²) in [5.74, 6) is 1.28. The second-order valence-electron chi connectivity index (χ2n) is 6.10. The van der Waals surface area contributed by atoms with Gasteiger partial charge in [-0.05, 0) is 18.4 Å². The molecule has 1 atom stereocenters. The average molecular weight is 342 g/mol. The van der Waals surface area contributed by atoms with E-state index >= 15 is 0 Å². The Kier molecular flexibility index (Phi) is 3.98. The number of benzene rings is 3. The molecule has 26 heavy (non-hydrogen) atoms. The van der Waals surface area contributed by atoms with Gasteiger partial charge in [-0.1, -0.05) is 54.6 Å². The summed E-state index contributed by atoms with van der Waals surface area (Å²) < 4.78 is 11.7. The van der Waals surface area contributed by atoms with Gasteiger partial charge in [0, 0.05) is 16.5 Å². The van der Waals surface area contributed by atoms with Gasteiger partial charge in [0.2, 0.25) is 5.88 Å². The van der Waals surface area contributed by atoms with Crippen LogP contribution < -0.4 is 15.2 Å². The first-order valence-electron chi connectivity index (χ1n) is 8.55. The number of nitriles is 1. The van der Waals surface area contributed by atoms with Crippen LogP contribution in [0.2, 0.25) is 0 Å². The van der Waals surface area contributed by atoms with Gasteiger partial charge in [-0.2, -0.15) is 5.26 Å². The molecule has 3 aromatic carbocycles. The number of hydrogen-bond acceptors (Lipinski definition) is 4. The second-order valence-corrected chi connectivity index (χ2v) is 6.10. The van der Waals surface area contributed by atoms with Crippen LogP contribution in [0.5, 0.6) is 11.5 Å². The number of fused-ring (bicyclic) bond motifs is 3. The third-order valence-electron chi connectivity index (χ3n) is 4.64. The molecule has 2 N–H and O–H groups in total. The first kappa shape index (κ1) is 16.0. The Balaban J connectivity index is 2.00. The molecule has 3 aromatic rings. The SMILES string of the molecule is CCOc1ccccc1[C@@H]1C(C#N)=C(N)Oc2c1ccc1ccccc21. The maximum absolute atomic E-state index is 9.74. The summed E-state index contributed by atoms with van der Waals surface area (Å²) in [6, 6.07) is 22.0. The van der Waals surface area contributed by atoms with E-state index in [2.05, 4.69) is 6.07 Å². The number of ether oxygens (including phenoxy) is 2. The van der Waals surface area contributed by atoms with Crippen molar-refractivity contribution in [3.05, 3.63) is 83.2 Å². The Morgan fingerprint density at radius 2 is 1.81 bits per heavy atom. The van der Waals surface area contributed by atoms with Crippen LogP contribution >= 0.6 is 0 Å². The van der Waals surface area contributed by atoms with Crippen LogP contribution in [0.4, 0.5) is 0 Å². The smallest absolute Gasteiger partial charge is 0.205 e. The molecule has 0 unspecified atom stereocenters. The zero-order valence-corrected chi connectivity index (χ0v) is 14.4. The highest BCUT2D eigenvalue weighted by molar-refractivity contribution is 5.91. The minimum atomic E-state index is -0.323. The third-order valence-corrected chi connectivity index (χ3v) is 4.64. The fraction of sp³-hybridized carbons (Fsp3) is 0.136. The van der Waals surface area contributed by atoms with E-state index in [4.69, 9.17) is 15.2 Å². The van der Waals surface area contributed by atoms with Crippen molar-refractivity contribution in [3.8, 4) is 17.6 Å². The minimum absolute atomic E-state index is 0.146. The van der Waals surface area contributed by atoms with E-state index in [1.165, 1.54) is 0 Å². The monoisotopic (exact) mass is 342 g/mol. The predicted molar refractivity (Wildman–Crippen MR) is 101 cm³/mol. The number of nitrogens with two attached hydrogens (primary N) is 1. The third kappa shape index (κ3) is 2.46. The van der Waals surface area contributed by atoms with Crippen LogP contribution in [-0.2, 0) is 0 Å². The maximum Gasteiger partial charge on any atom is 0.205 e. The van der Waals surface area contributed by atoms with E-state index in [1.54, 1.807) is 0 Å². The van der Waals surface area contributed by atoms with Gasteiger partial charge in [-0.25, -0.2) is 0 Å². The number of rotatable bonds is 3. The molecular formula is C22H18N2O2. The lowest BCUT2D eigenvalue weighted by Gasteiger charge is -2.28. The Labute approximate surface area is 152 Å². The van der Waals surface area contributed by atoms with Gasteiger partial charge in [-0.15, -0.1) is 0 Å². The van der Waals surface area contributed by atoms with Gasteiger partial charge in [0.15, 0.2) is 0 Å². The normalized spacial score (nSPS) is 15.9. The largest absolute Gasteiger partial charge is 0.494 e. The minimum Gasteiger partial charge on any atom is -0.494 e. The van der Waals surface area contributed by atoms with Crippen LogP contribution in [0.1, 0.15) is 24.0 Å². The van der Waals surface area contributed by atoms with Gasteiger partial charge >= 0.3 is 0 Å². The molecule has 0 saturated heterocycles. The van der Waals surface area contributed by atoms with Crippen LogP contribution in [0, 0.1) is 11.3 Å². The van der Waals surface area contributed by atoms with Crippen molar-refractivity contribution in [2.24, 2.45) is 5.73 Å². The molecule has 0 spiro atoms. The Hall–Kier alpha value is -3.45. The molecule has 0 radical (unpaired) electrons. The van der Waals surface area contributed by atoms with E-state index in [-0.39, 0.29) is 11.8 Å². The van der Waals surface area contributed by atoms with E-state index in [9.17, 15) is 5.26 Å². The van der Waals surface area contributed by atoms with Crippen molar-refractivity contribution >= 4 is 10.8 Å². The van der Waals surface area contributed by atoms with Crippen molar-refractivity contribution in [2.75, 3.05) is 6.61 Å². The van der Waals surface area contributed by atoms with Gasteiger partial charge in [0.1, 0.15) is 23.1 Å². The van der Waals surface area contributed by atoms with Crippen molar-refractivity contribution in [3.63, 3.8) is 0 Å². The fourth-order valence-electron chi connectivity index (χ4n) is 3.51. The second kappa shape index (κ2) is 6.45. The molecule has 4 nitrogen and oxygen atoms in total. The van der Waals surface area contributed by atoms with Crippen molar-refractivity contribution in [1.29, 1.82) is 5.26 Å². The van der Waals surface area contributed by atoms with Crippen molar-refractivity contribution in [2.45, 2.75) is 12.8 Å². The fourth-order valence-corrected chi connectivity index (χ4v) is 3.51. The number of para-hydroxylation sites is 1. The lowest BCUT2D eigenvalue weighted by molar-refractivity contribution is 0.334. The van der Waals surface area contributed by atoms with E-state index < -0.39 is 0 Å². The average Bonchev–Trinajstić information content (AvgIpc) is 2.68. The molecule has 0 amide bonds. The topological polar surface area (TPSA) is 68.3 Å². The molecule has 0 fully saturated rings. The van der Waals surface area contributed by atoms with E-state index in [0.29, 0.717) is 17.9 Å². The molecule has 0 saturated carbocycles. The van der Waals surface area contributed by atoms with Crippen molar-refractivity contribution < 1.29 is 9.47 Å². The number of allylic oxidation sites excluding steroid dienone is 1. The summed E-state index contributed by atoms with van der Waals surface area (Å²) in [7, 11) is 0. The molecule has 0 aromatic heterocycles. The summed E-state index contributed by atoms with van der Waals surface area (Å²) in [5.41, 5.74) is 8.37. The van der Waals surface area contributed by atoms with E-state index in [1.807, 2.05) is 67.6 Å². The van der Waals surface area contributed by atoms with Gasteiger partial charge in [-0.3, -0.25) is 0 Å². The number of nitrogens with zero attached hydrogens (tertiary/aromatic N) is 1. The van der Waals surface area contributed by atoms with Gasteiger partial charge in [0.05, 0.1) is 12.5 Å². The lowest BCUT2D eigenvalue weighted by atomic mass is 9.82. The van der Waals surface area contributed by atoms with Crippen LogP contribution in [-0.4, -0.2) is 6.61 Å². The van der Waals surface area contributed by atoms with Gasteiger partial charge < -0.3 is 15.2 Å². The highest BCUT2D eigenvalue weighted by Gasteiger charge is 2.33. The quantitative estimate of drug-likeness (QED) is 0.763. The summed E-state index contributed by atoms with van der Waals surface area (Å²) >= 11 is 0. The molecule has 4 rings (SSSR count). The standard InChI is InChI=1S/C22H18N2O2/c1-2-25-19-10-6-5-9-16(19)20-17-12-11-14-7-3-4-8-15(14)21(17)26-22(24)18(20)13-23/h3-12,20H,2,24H2,1H3/t20-/m0/s1. The molecular weight excluding hydrogens is 324 g/mol. The highest BCUT2D eigenvalue weighted by atomic mass is 16.5. The Morgan fingerprint density at radius 1 is 1.04 bits per heavy atom. The molecule has 0 aliphatic carbocycles. The summed E-state index contributed by atoms with van der Waals surface area (Å²) in [6.45, 7) is 2.49. The zero-order chi connectivity index (χ0) is 18.1. The van der Waals surface area contributed by atoms with E-state index in [0.717, 1.165) is 27.6 Å². The first-order chi connectivity index (χ1) is 12.7. The summed E-state index contributed by atoms with van der Waals surface area (Å²) in [5, 5.41) is 11.8. The Morgan fingerprint density at radius 3 is 2.62 bits per heavy atom. The molecule has 0 bridgehead atoms. The van der Waals surface area contributed by atoms with Crippen LogP contribution in [0.25, 0.3) is 10.8 Å². The predicted octanol–water partition coefficient (Wildman–Crippen LogP) is 4.46. The highest BCUT2D eigenvalue weighted by Crippen LogP contribution is 2.47. The van der Waals surface area contributed by atoms with Crippen molar-refractivity contribution in [1.82, 2.24) is 0 Å². The summed E-state index contributed by atoms with van der Waals surface area (Å²) in [6.07, 6.45) is 0. The first-order valence-corrected chi connectivity index (χ1v) is 8.55. The van der Waals surface area contributed by atoms with Gasteiger partial charge in [0.25, 0.3) is 0 Å². The van der Waals surface area contributed by atoms with Crippen LogP contribution in [0.3, 0.4) is 0 Å². The molecule has 128 valence electrons. The molecule has 1 aliphatic rings. The Bertz CT molecular complexity index is 1060. The van der Waals surface area contributed by atoms with Crippen LogP contribution in [0.15, 0.2) is 72.1 Å². The molecule has 4 heteroatoms. The lowest BCUT2D eigenvalue weighted by Crippen LogP contribution is -2.21. The zero-order valence-electron chi connectivity index (χ0n) is 14.4. The molecule has 1 aliphatic heterocycles. The molecule has 1 heterocycles. The number of hydrogen-bond donors (Lipinski definition) is 1. The summed E-state index contributed by atoms with van der Waals surface area (Å²) in [4.78, 5) is 0.